The fraction of sp³-hybridized carbons (Fsp3) is 0.417. The number of halogens is 1. The van der Waals surface area contributed by atoms with Gasteiger partial charge in [0, 0.05) is 0 Å². The van der Waals surface area contributed by atoms with Crippen molar-refractivity contribution < 1.29 is 19.1 Å². The van der Waals surface area contributed by atoms with Crippen LogP contribution in [-0.2, 0) is 9.53 Å². The molecule has 0 spiro atoms. The van der Waals surface area contributed by atoms with Gasteiger partial charge in [-0.15, -0.1) is 22.9 Å². The van der Waals surface area contributed by atoms with E-state index in [0.717, 1.165) is 11.3 Å². The highest BCUT2D eigenvalue weighted by Gasteiger charge is 2.24. The first-order chi connectivity index (χ1) is 8.92. The maximum atomic E-state index is 11.9. The molecule has 0 aliphatic rings. The molecule has 0 saturated heterocycles. The molecule has 1 amide bonds. The summed E-state index contributed by atoms with van der Waals surface area (Å²) < 4.78 is 4.93. The van der Waals surface area contributed by atoms with Crippen LogP contribution >= 0.6 is 22.9 Å². The molecule has 0 aliphatic heterocycles. The molecule has 0 saturated carbocycles. The number of esters is 1. The van der Waals surface area contributed by atoms with Gasteiger partial charge in [-0.3, -0.25) is 9.59 Å². The average Bonchev–Trinajstić information content (AvgIpc) is 2.66. The highest BCUT2D eigenvalue weighted by atomic mass is 35.5. The van der Waals surface area contributed by atoms with E-state index < -0.39 is 11.9 Å². The van der Waals surface area contributed by atoms with Gasteiger partial charge in [0.1, 0.15) is 10.9 Å². The van der Waals surface area contributed by atoms with Gasteiger partial charge in [0.25, 0.3) is 0 Å². The Kier molecular flexibility index (Phi) is 5.50. The number of ketones is 1. The second-order valence-corrected chi connectivity index (χ2v) is 5.01. The third kappa shape index (κ3) is 3.54. The van der Waals surface area contributed by atoms with E-state index >= 15 is 0 Å². The average molecular weight is 304 g/mol. The van der Waals surface area contributed by atoms with Crippen LogP contribution in [0.1, 0.15) is 39.4 Å². The first-order valence-electron chi connectivity index (χ1n) is 5.59. The Hall–Kier alpha value is -1.40. The van der Waals surface area contributed by atoms with E-state index in [2.05, 4.69) is 5.32 Å². The van der Waals surface area contributed by atoms with Crippen molar-refractivity contribution in [1.29, 1.82) is 0 Å². The fourth-order valence-electron chi connectivity index (χ4n) is 1.55. The molecule has 0 radical (unpaired) electrons. The summed E-state index contributed by atoms with van der Waals surface area (Å²) in [5.41, 5.74) is 0.733. The first kappa shape index (κ1) is 15.7. The normalized spacial score (nSPS) is 10.1. The number of ether oxygens (including phenoxy) is 1. The summed E-state index contributed by atoms with van der Waals surface area (Å²) in [6.07, 6.45) is 0. The van der Waals surface area contributed by atoms with Crippen molar-refractivity contribution in [2.45, 2.75) is 20.8 Å². The highest BCUT2D eigenvalue weighted by molar-refractivity contribution is 7.18. The third-order valence-corrected chi connectivity index (χ3v) is 3.87. The zero-order valence-corrected chi connectivity index (χ0v) is 12.4. The molecule has 0 aromatic carbocycles. The van der Waals surface area contributed by atoms with Crippen molar-refractivity contribution in [3.8, 4) is 0 Å². The number of rotatable bonds is 5. The number of amides is 1. The van der Waals surface area contributed by atoms with E-state index in [0.29, 0.717) is 15.4 Å². The van der Waals surface area contributed by atoms with E-state index in [1.165, 1.54) is 6.92 Å². The largest absolute Gasteiger partial charge is 0.462 e. The zero-order chi connectivity index (χ0) is 14.6. The number of anilines is 1. The molecule has 1 heterocycles. The van der Waals surface area contributed by atoms with Gasteiger partial charge in [-0.2, -0.15) is 0 Å². The molecule has 5 nitrogen and oxygen atoms in total. The maximum absolute atomic E-state index is 11.9. The molecule has 0 atom stereocenters. The highest BCUT2D eigenvalue weighted by Crippen LogP contribution is 2.34. The molecule has 104 valence electrons. The van der Waals surface area contributed by atoms with Gasteiger partial charge in [-0.1, -0.05) is 0 Å². The summed E-state index contributed by atoms with van der Waals surface area (Å²) in [6.45, 7) is 4.95. The fourth-order valence-corrected chi connectivity index (χ4v) is 2.72. The lowest BCUT2D eigenvalue weighted by atomic mass is 10.1. The number of hydrogen-bond donors (Lipinski definition) is 1. The minimum absolute atomic E-state index is 0.167. The van der Waals surface area contributed by atoms with E-state index in [1.807, 2.05) is 0 Å². The third-order valence-electron chi connectivity index (χ3n) is 2.32. The topological polar surface area (TPSA) is 72.5 Å². The number of thiophene rings is 1. The van der Waals surface area contributed by atoms with Crippen molar-refractivity contribution in [1.82, 2.24) is 0 Å². The number of nitrogens with one attached hydrogen (secondary N) is 1. The number of carbonyl (C=O) groups is 3. The van der Waals surface area contributed by atoms with Gasteiger partial charge in [0.2, 0.25) is 5.91 Å². The van der Waals surface area contributed by atoms with Crippen molar-refractivity contribution in [3.63, 3.8) is 0 Å². The van der Waals surface area contributed by atoms with Crippen molar-refractivity contribution >= 4 is 45.6 Å². The Morgan fingerprint density at radius 1 is 1.37 bits per heavy atom. The molecule has 0 aliphatic carbocycles. The molecular weight excluding hydrogens is 290 g/mol. The molecule has 1 aromatic heterocycles. The van der Waals surface area contributed by atoms with Crippen LogP contribution in [0.4, 0.5) is 5.00 Å². The summed E-state index contributed by atoms with van der Waals surface area (Å²) in [6, 6.07) is 0. The van der Waals surface area contributed by atoms with Gasteiger partial charge in [0.05, 0.1) is 17.0 Å². The quantitative estimate of drug-likeness (QED) is 0.515. The van der Waals surface area contributed by atoms with Crippen LogP contribution in [0.15, 0.2) is 0 Å². The van der Waals surface area contributed by atoms with Gasteiger partial charge < -0.3 is 10.1 Å². The molecule has 1 aromatic rings. The monoisotopic (exact) mass is 303 g/mol. The molecular formula is C12H14ClNO4S. The number of carbonyl (C=O) groups excluding carboxylic acids is 3. The van der Waals surface area contributed by atoms with Gasteiger partial charge in [-0.05, 0) is 26.3 Å². The van der Waals surface area contributed by atoms with E-state index in [9.17, 15) is 14.4 Å². The lowest BCUT2D eigenvalue weighted by Gasteiger charge is -2.05. The van der Waals surface area contributed by atoms with E-state index in [1.54, 1.807) is 13.8 Å². The van der Waals surface area contributed by atoms with Crippen LogP contribution in [0.5, 0.6) is 0 Å². The number of alkyl halides is 1. The standard InChI is InChI=1S/C12H14ClNO4S/c1-4-18-12(17)9-6(2)10(7(3)15)19-11(9)14-8(16)5-13/h4-5H2,1-3H3,(H,14,16). The Morgan fingerprint density at radius 3 is 2.47 bits per heavy atom. The van der Waals surface area contributed by atoms with Crippen molar-refractivity contribution in [3.05, 3.63) is 16.0 Å². The predicted octanol–water partition coefficient (Wildman–Crippen LogP) is 2.61. The van der Waals surface area contributed by atoms with Gasteiger partial charge >= 0.3 is 5.97 Å². The van der Waals surface area contributed by atoms with Crippen molar-refractivity contribution in [2.24, 2.45) is 0 Å². The van der Waals surface area contributed by atoms with Crippen LogP contribution in [0.3, 0.4) is 0 Å². The van der Waals surface area contributed by atoms with Crippen LogP contribution in [0.2, 0.25) is 0 Å². The van der Waals surface area contributed by atoms with Gasteiger partial charge in [0.15, 0.2) is 5.78 Å². The Morgan fingerprint density at radius 2 is 2.00 bits per heavy atom. The van der Waals surface area contributed by atoms with E-state index in [-0.39, 0.29) is 23.8 Å². The molecule has 0 bridgehead atoms. The molecule has 7 heteroatoms. The predicted molar refractivity (Wildman–Crippen MR) is 74.4 cm³/mol. The first-order valence-corrected chi connectivity index (χ1v) is 6.94. The van der Waals surface area contributed by atoms with Crippen LogP contribution in [0, 0.1) is 6.92 Å². The molecule has 19 heavy (non-hydrogen) atoms. The lowest BCUT2D eigenvalue weighted by molar-refractivity contribution is -0.113. The Labute approximate surface area is 119 Å². The molecule has 0 fully saturated rings. The summed E-state index contributed by atoms with van der Waals surface area (Å²) in [4.78, 5) is 35.1. The Balaban J connectivity index is 3.26. The molecule has 1 rings (SSSR count). The van der Waals surface area contributed by atoms with Crippen LogP contribution in [-0.4, -0.2) is 30.1 Å². The molecule has 0 unspecified atom stereocenters. The number of Topliss-reactive ketones (excluding diaryl/α,β-unsaturated/α-hetero) is 1. The smallest absolute Gasteiger partial charge is 0.341 e. The van der Waals surface area contributed by atoms with Crippen LogP contribution < -0.4 is 5.32 Å². The van der Waals surface area contributed by atoms with Crippen LogP contribution in [0.25, 0.3) is 0 Å². The maximum Gasteiger partial charge on any atom is 0.341 e. The minimum Gasteiger partial charge on any atom is -0.462 e. The van der Waals surface area contributed by atoms with Gasteiger partial charge in [-0.25, -0.2) is 4.79 Å². The summed E-state index contributed by atoms with van der Waals surface area (Å²) in [7, 11) is 0. The second kappa shape index (κ2) is 6.68. The SMILES string of the molecule is CCOC(=O)c1c(NC(=O)CCl)sc(C(C)=O)c1C. The Bertz CT molecular complexity index is 524. The summed E-state index contributed by atoms with van der Waals surface area (Å²) in [5.74, 6) is -1.40. The summed E-state index contributed by atoms with van der Waals surface area (Å²) >= 11 is 6.46. The number of hydrogen-bond acceptors (Lipinski definition) is 5. The lowest BCUT2D eigenvalue weighted by Crippen LogP contribution is -2.15. The second-order valence-electron chi connectivity index (χ2n) is 3.72. The zero-order valence-electron chi connectivity index (χ0n) is 10.8. The van der Waals surface area contributed by atoms with E-state index in [4.69, 9.17) is 16.3 Å². The molecule has 1 N–H and O–H groups in total. The summed E-state index contributed by atoms with van der Waals surface area (Å²) in [5, 5.41) is 2.81. The minimum atomic E-state index is -0.561. The van der Waals surface area contributed by atoms with Crippen molar-refractivity contribution in [2.75, 3.05) is 17.8 Å².